The predicted molar refractivity (Wildman–Crippen MR) is 136 cm³/mol. The number of hydrogen-bond donors (Lipinski definition) is 2. The quantitative estimate of drug-likeness (QED) is 0.532. The molecule has 4 heterocycles. The van der Waals surface area contributed by atoms with Crippen molar-refractivity contribution >= 4 is 28.5 Å². The van der Waals surface area contributed by atoms with E-state index in [0.717, 1.165) is 66.8 Å². The number of halogens is 1. The Balaban J connectivity index is 1.40. The zero-order valence-corrected chi connectivity index (χ0v) is 20.2. The summed E-state index contributed by atoms with van der Waals surface area (Å²) < 4.78 is 2.07. The summed E-state index contributed by atoms with van der Waals surface area (Å²) in [7, 11) is 0. The summed E-state index contributed by atoms with van der Waals surface area (Å²) >= 11 is 6.10. The fourth-order valence-electron chi connectivity index (χ4n) is 5.08. The van der Waals surface area contributed by atoms with Gasteiger partial charge in [-0.15, -0.1) is 0 Å². The molecule has 0 radical (unpaired) electrons. The fraction of sp³-hybridized carbons (Fsp3) is 0.538. The number of nitrogens with one attached hydrogen (secondary N) is 2. The van der Waals surface area contributed by atoms with Crippen LogP contribution in [-0.2, 0) is 13.1 Å². The largest absolute Gasteiger partial charge is 0.357 e. The van der Waals surface area contributed by atoms with E-state index in [1.165, 1.54) is 44.1 Å². The summed E-state index contributed by atoms with van der Waals surface area (Å²) in [5, 5.41) is 14.1. The molecule has 2 saturated heterocycles. The van der Waals surface area contributed by atoms with Gasteiger partial charge in [-0.05, 0) is 81.1 Å². The van der Waals surface area contributed by atoms with Gasteiger partial charge >= 0.3 is 0 Å². The summed E-state index contributed by atoms with van der Waals surface area (Å²) in [5.74, 6) is 1.78. The van der Waals surface area contributed by atoms with Gasteiger partial charge in [0.25, 0.3) is 0 Å². The van der Waals surface area contributed by atoms with Crippen LogP contribution in [0.15, 0.2) is 36.4 Å². The molecule has 1 unspecified atom stereocenters. The van der Waals surface area contributed by atoms with Crippen molar-refractivity contribution in [2.45, 2.75) is 51.6 Å². The number of hydrogen-bond acceptors (Lipinski definition) is 5. The molecular weight excluding hydrogens is 432 g/mol. The zero-order chi connectivity index (χ0) is 22.5. The van der Waals surface area contributed by atoms with E-state index in [1.807, 2.05) is 12.1 Å². The average Bonchev–Trinajstić information content (AvgIpc) is 3.01. The van der Waals surface area contributed by atoms with Crippen LogP contribution in [0.1, 0.15) is 49.8 Å². The first kappa shape index (κ1) is 22.6. The molecule has 1 aromatic carbocycles. The van der Waals surface area contributed by atoms with E-state index >= 15 is 0 Å². The lowest BCUT2D eigenvalue weighted by atomic mass is 10.00. The van der Waals surface area contributed by atoms with Crippen molar-refractivity contribution in [3.05, 3.63) is 52.7 Å². The smallest absolute Gasteiger partial charge is 0.160 e. The molecule has 2 aromatic heterocycles. The number of rotatable bonds is 7. The van der Waals surface area contributed by atoms with Crippen LogP contribution in [0, 0.1) is 5.92 Å². The highest BCUT2D eigenvalue weighted by molar-refractivity contribution is 6.30. The monoisotopic (exact) mass is 466 g/mol. The Morgan fingerprint density at radius 3 is 2.58 bits per heavy atom. The van der Waals surface area contributed by atoms with E-state index in [4.69, 9.17) is 21.7 Å². The van der Waals surface area contributed by atoms with Gasteiger partial charge in [0, 0.05) is 30.0 Å². The van der Waals surface area contributed by atoms with Crippen LogP contribution < -0.4 is 15.5 Å². The molecule has 2 aliphatic heterocycles. The van der Waals surface area contributed by atoms with Crippen molar-refractivity contribution < 1.29 is 0 Å². The molecular formula is C26H35ClN6. The zero-order valence-electron chi connectivity index (χ0n) is 19.4. The molecule has 7 heteroatoms. The lowest BCUT2D eigenvalue weighted by Gasteiger charge is -2.22. The molecule has 0 bridgehead atoms. The van der Waals surface area contributed by atoms with Gasteiger partial charge in [0.15, 0.2) is 5.65 Å². The number of nitrogens with zero attached hydrogens (tertiary/aromatic N) is 4. The molecule has 0 amide bonds. The second-order valence-corrected chi connectivity index (χ2v) is 9.95. The van der Waals surface area contributed by atoms with Gasteiger partial charge in [-0.25, -0.2) is 9.67 Å². The number of pyridine rings is 1. The minimum absolute atomic E-state index is 0.691. The molecule has 0 saturated carbocycles. The predicted octanol–water partition coefficient (Wildman–Crippen LogP) is 4.60. The van der Waals surface area contributed by atoms with Crippen LogP contribution in [0.2, 0.25) is 5.02 Å². The van der Waals surface area contributed by atoms with Gasteiger partial charge in [-0.2, -0.15) is 5.10 Å². The number of fused-ring (bicyclic) bond motifs is 1. The molecule has 6 nitrogen and oxygen atoms in total. The summed E-state index contributed by atoms with van der Waals surface area (Å²) in [6.07, 6.45) is 7.70. The van der Waals surface area contributed by atoms with E-state index in [2.05, 4.69) is 44.5 Å². The van der Waals surface area contributed by atoms with Gasteiger partial charge in [-0.1, -0.05) is 36.6 Å². The maximum Gasteiger partial charge on any atom is 0.160 e. The normalized spacial score (nSPS) is 19.7. The van der Waals surface area contributed by atoms with Gasteiger partial charge in [0.05, 0.1) is 12.2 Å². The summed E-state index contributed by atoms with van der Waals surface area (Å²) in [6, 6.07) is 12.5. The Labute approximate surface area is 201 Å². The number of piperidine rings is 1. The van der Waals surface area contributed by atoms with E-state index in [0.29, 0.717) is 12.5 Å². The Bertz CT molecular complexity index is 1030. The summed E-state index contributed by atoms with van der Waals surface area (Å²) in [5.41, 5.74) is 3.24. The van der Waals surface area contributed by atoms with Gasteiger partial charge < -0.3 is 15.5 Å². The second-order valence-electron chi connectivity index (χ2n) is 9.52. The third-order valence-corrected chi connectivity index (χ3v) is 7.21. The van der Waals surface area contributed by atoms with Gasteiger partial charge in [0.1, 0.15) is 5.82 Å². The molecule has 2 N–H and O–H groups in total. The fourth-order valence-corrected chi connectivity index (χ4v) is 5.21. The topological polar surface area (TPSA) is 58.0 Å². The van der Waals surface area contributed by atoms with Crippen molar-refractivity contribution in [3.8, 4) is 0 Å². The molecule has 33 heavy (non-hydrogen) atoms. The van der Waals surface area contributed by atoms with Crippen molar-refractivity contribution in [2.24, 2.45) is 5.92 Å². The number of benzene rings is 1. The molecule has 176 valence electrons. The Morgan fingerprint density at radius 1 is 1.00 bits per heavy atom. The Hall–Kier alpha value is -2.15. The highest BCUT2D eigenvalue weighted by Crippen LogP contribution is 2.24. The van der Waals surface area contributed by atoms with Crippen LogP contribution in [0.25, 0.3) is 11.0 Å². The van der Waals surface area contributed by atoms with E-state index in [1.54, 1.807) is 0 Å². The number of aromatic nitrogens is 3. The molecule has 0 spiro atoms. The Morgan fingerprint density at radius 2 is 1.82 bits per heavy atom. The highest BCUT2D eigenvalue weighted by Gasteiger charge is 2.18. The van der Waals surface area contributed by atoms with Crippen LogP contribution in [0.5, 0.6) is 0 Å². The Kier molecular flexibility index (Phi) is 7.44. The van der Waals surface area contributed by atoms with E-state index in [9.17, 15) is 0 Å². The third-order valence-electron chi connectivity index (χ3n) is 6.96. The standard InChI is InChI=1S/C26H35ClN6/c27-22-9-7-20(8-10-22)19-33-26-23(11-12-25(30-26)32-14-3-1-2-4-15-32)24(31-33)18-29-17-21-6-5-13-28-16-21/h7-12,21,28-29H,1-6,13-19H2. The lowest BCUT2D eigenvalue weighted by molar-refractivity contribution is 0.359. The molecule has 0 aliphatic carbocycles. The first-order chi connectivity index (χ1) is 16.3. The van der Waals surface area contributed by atoms with Crippen molar-refractivity contribution in [2.75, 3.05) is 37.6 Å². The third kappa shape index (κ3) is 5.68. The number of anilines is 1. The molecule has 5 rings (SSSR count). The van der Waals surface area contributed by atoms with Crippen LogP contribution in [0.4, 0.5) is 5.82 Å². The lowest BCUT2D eigenvalue weighted by Crippen LogP contribution is -2.35. The second kappa shape index (κ2) is 10.9. The minimum Gasteiger partial charge on any atom is -0.357 e. The average molecular weight is 467 g/mol. The van der Waals surface area contributed by atoms with E-state index in [-0.39, 0.29) is 0 Å². The van der Waals surface area contributed by atoms with Crippen molar-refractivity contribution in [1.29, 1.82) is 0 Å². The van der Waals surface area contributed by atoms with Crippen molar-refractivity contribution in [3.63, 3.8) is 0 Å². The molecule has 1 atom stereocenters. The van der Waals surface area contributed by atoms with E-state index < -0.39 is 0 Å². The molecule has 2 aliphatic rings. The maximum absolute atomic E-state index is 6.10. The van der Waals surface area contributed by atoms with Crippen LogP contribution in [-0.4, -0.2) is 47.5 Å². The van der Waals surface area contributed by atoms with Crippen LogP contribution >= 0.6 is 11.6 Å². The summed E-state index contributed by atoms with van der Waals surface area (Å²) in [4.78, 5) is 7.58. The maximum atomic E-state index is 6.10. The first-order valence-corrected chi connectivity index (χ1v) is 12.9. The first-order valence-electron chi connectivity index (χ1n) is 12.5. The van der Waals surface area contributed by atoms with Gasteiger partial charge in [0.2, 0.25) is 0 Å². The highest BCUT2D eigenvalue weighted by atomic mass is 35.5. The SMILES string of the molecule is Clc1ccc(Cn2nc(CNCC3CCCNC3)c3ccc(N4CCCCCC4)nc32)cc1. The van der Waals surface area contributed by atoms with Crippen molar-refractivity contribution in [1.82, 2.24) is 25.4 Å². The summed E-state index contributed by atoms with van der Waals surface area (Å²) in [6.45, 7) is 6.93. The van der Waals surface area contributed by atoms with Gasteiger partial charge in [-0.3, -0.25) is 0 Å². The van der Waals surface area contributed by atoms with Crippen LogP contribution in [0.3, 0.4) is 0 Å². The minimum atomic E-state index is 0.691. The molecule has 2 fully saturated rings. The molecule has 3 aromatic rings.